The van der Waals surface area contributed by atoms with Gasteiger partial charge in [-0.05, 0) is 34.5 Å². The molecule has 0 bridgehead atoms. The van der Waals surface area contributed by atoms with E-state index in [-0.39, 0.29) is 12.4 Å². The molecule has 148 valence electrons. The molecule has 1 aliphatic rings. The fourth-order valence-electron chi connectivity index (χ4n) is 3.62. The molecule has 2 heterocycles. The lowest BCUT2D eigenvalue weighted by Crippen LogP contribution is -2.48. The number of aliphatic hydroxyl groups is 1. The molecule has 1 fully saturated rings. The fraction of sp³-hybridized carbons (Fsp3) is 0.364. The number of thiophene rings is 1. The van der Waals surface area contributed by atoms with Gasteiger partial charge in [0.05, 0.1) is 0 Å². The van der Waals surface area contributed by atoms with Crippen molar-refractivity contribution in [1.29, 1.82) is 0 Å². The van der Waals surface area contributed by atoms with Gasteiger partial charge in [0.25, 0.3) is 0 Å². The zero-order valence-electron chi connectivity index (χ0n) is 15.8. The molecular formula is C22H25FN2O2S. The molecule has 0 aliphatic carbocycles. The Morgan fingerprint density at radius 2 is 1.71 bits per heavy atom. The number of para-hydroxylation sites is 1. The summed E-state index contributed by atoms with van der Waals surface area (Å²) in [6.45, 7) is 5.40. The van der Waals surface area contributed by atoms with Crippen molar-refractivity contribution in [2.75, 3.05) is 39.3 Å². The number of β-amino-alcohol motifs (C(OH)–C–C–N with tert-alkyl or cyclic N) is 1. The normalized spacial score (nSPS) is 17.1. The highest BCUT2D eigenvalue weighted by molar-refractivity contribution is 7.17. The molecule has 1 unspecified atom stereocenters. The maximum absolute atomic E-state index is 13.6. The number of fused-ring (bicyclic) bond motifs is 1. The largest absolute Gasteiger partial charge is 0.488 e. The molecule has 1 aliphatic heterocycles. The van der Waals surface area contributed by atoms with Crippen LogP contribution in [0.3, 0.4) is 0 Å². The van der Waals surface area contributed by atoms with E-state index in [4.69, 9.17) is 4.74 Å². The minimum atomic E-state index is -0.632. The average Bonchev–Trinajstić information content (AvgIpc) is 3.12. The Morgan fingerprint density at radius 1 is 1.00 bits per heavy atom. The Labute approximate surface area is 168 Å². The van der Waals surface area contributed by atoms with Crippen LogP contribution in [0.5, 0.6) is 5.75 Å². The summed E-state index contributed by atoms with van der Waals surface area (Å²) < 4.78 is 20.3. The highest BCUT2D eigenvalue weighted by atomic mass is 32.1. The van der Waals surface area contributed by atoms with E-state index in [9.17, 15) is 9.50 Å². The zero-order chi connectivity index (χ0) is 19.3. The minimum Gasteiger partial charge on any atom is -0.488 e. The maximum Gasteiger partial charge on any atom is 0.165 e. The van der Waals surface area contributed by atoms with Crippen LogP contribution in [0.2, 0.25) is 0 Å². The number of nitrogens with zero attached hydrogens (tertiary/aromatic N) is 2. The average molecular weight is 401 g/mol. The SMILES string of the molecule is OC(COc1ccccc1F)CN1CCN(Cc2csc3ccccc23)CC1. The first-order chi connectivity index (χ1) is 13.7. The summed E-state index contributed by atoms with van der Waals surface area (Å²) in [7, 11) is 0. The van der Waals surface area contributed by atoms with Gasteiger partial charge in [-0.3, -0.25) is 9.80 Å². The molecule has 4 rings (SSSR count). The van der Waals surface area contributed by atoms with E-state index in [0.29, 0.717) is 6.54 Å². The van der Waals surface area contributed by atoms with Gasteiger partial charge in [-0.15, -0.1) is 11.3 Å². The van der Waals surface area contributed by atoms with Gasteiger partial charge in [0.1, 0.15) is 12.7 Å². The van der Waals surface area contributed by atoms with Crippen LogP contribution < -0.4 is 4.74 Å². The monoisotopic (exact) mass is 400 g/mol. The molecule has 0 radical (unpaired) electrons. The quantitative estimate of drug-likeness (QED) is 0.657. The summed E-state index contributed by atoms with van der Waals surface area (Å²) in [5.41, 5.74) is 1.40. The Balaban J connectivity index is 1.22. The lowest BCUT2D eigenvalue weighted by Gasteiger charge is -2.35. The van der Waals surface area contributed by atoms with Gasteiger partial charge in [0.2, 0.25) is 0 Å². The molecule has 0 saturated carbocycles. The summed E-state index contributed by atoms with van der Waals surface area (Å²) in [6.07, 6.45) is -0.632. The van der Waals surface area contributed by atoms with Crippen LogP contribution in [0.25, 0.3) is 10.1 Å². The third-order valence-corrected chi connectivity index (χ3v) is 6.17. The topological polar surface area (TPSA) is 35.9 Å². The van der Waals surface area contributed by atoms with Gasteiger partial charge in [0.15, 0.2) is 11.6 Å². The second-order valence-electron chi connectivity index (χ2n) is 7.23. The number of benzene rings is 2. The van der Waals surface area contributed by atoms with Gasteiger partial charge >= 0.3 is 0 Å². The molecule has 1 saturated heterocycles. The van der Waals surface area contributed by atoms with Gasteiger partial charge in [-0.2, -0.15) is 0 Å². The second kappa shape index (κ2) is 9.01. The Morgan fingerprint density at radius 3 is 2.54 bits per heavy atom. The molecule has 3 aromatic rings. The predicted octanol–water partition coefficient (Wildman–Crippen LogP) is 3.60. The molecule has 6 heteroatoms. The standard InChI is InChI=1S/C22H25FN2O2S/c23-20-6-2-3-7-21(20)27-15-18(26)14-25-11-9-24(10-12-25)13-17-16-28-22-8-4-1-5-19(17)22/h1-8,16,18,26H,9-15H2. The van der Waals surface area contributed by atoms with E-state index >= 15 is 0 Å². The van der Waals surface area contributed by atoms with Crippen molar-refractivity contribution in [3.8, 4) is 5.75 Å². The third-order valence-electron chi connectivity index (χ3n) is 5.16. The molecular weight excluding hydrogens is 375 g/mol. The minimum absolute atomic E-state index is 0.0992. The molecule has 28 heavy (non-hydrogen) atoms. The van der Waals surface area contributed by atoms with Crippen molar-refractivity contribution in [3.05, 3.63) is 65.3 Å². The summed E-state index contributed by atoms with van der Waals surface area (Å²) in [4.78, 5) is 4.71. The highest BCUT2D eigenvalue weighted by Crippen LogP contribution is 2.27. The lowest BCUT2D eigenvalue weighted by molar-refractivity contribution is 0.0438. The summed E-state index contributed by atoms with van der Waals surface area (Å²) in [6, 6.07) is 14.8. The van der Waals surface area contributed by atoms with E-state index in [1.807, 2.05) is 0 Å². The number of hydrogen-bond donors (Lipinski definition) is 1. The number of ether oxygens (including phenoxy) is 1. The Kier molecular flexibility index (Phi) is 6.22. The molecule has 0 spiro atoms. The van der Waals surface area contributed by atoms with Crippen molar-refractivity contribution in [2.45, 2.75) is 12.6 Å². The van der Waals surface area contributed by atoms with Crippen LogP contribution in [0, 0.1) is 5.82 Å². The van der Waals surface area contributed by atoms with Gasteiger partial charge < -0.3 is 9.84 Å². The molecule has 4 nitrogen and oxygen atoms in total. The van der Waals surface area contributed by atoms with E-state index in [0.717, 1.165) is 32.7 Å². The first kappa shape index (κ1) is 19.3. The van der Waals surface area contributed by atoms with E-state index in [1.54, 1.807) is 29.5 Å². The first-order valence-corrected chi connectivity index (χ1v) is 10.5. The van der Waals surface area contributed by atoms with Crippen LogP contribution in [0.1, 0.15) is 5.56 Å². The van der Waals surface area contributed by atoms with Crippen LogP contribution in [0.4, 0.5) is 4.39 Å². The van der Waals surface area contributed by atoms with Crippen LogP contribution >= 0.6 is 11.3 Å². The van der Waals surface area contributed by atoms with E-state index in [2.05, 4.69) is 39.4 Å². The smallest absolute Gasteiger partial charge is 0.165 e. The number of aliphatic hydroxyl groups excluding tert-OH is 1. The molecule has 1 N–H and O–H groups in total. The molecule has 0 amide bonds. The Hall–Kier alpha value is -1.99. The van der Waals surface area contributed by atoms with Gasteiger partial charge in [-0.1, -0.05) is 30.3 Å². The number of halogens is 1. The zero-order valence-corrected chi connectivity index (χ0v) is 16.6. The van der Waals surface area contributed by atoms with Crippen molar-refractivity contribution in [2.24, 2.45) is 0 Å². The van der Waals surface area contributed by atoms with Crippen molar-refractivity contribution < 1.29 is 14.2 Å². The summed E-state index contributed by atoms with van der Waals surface area (Å²) in [5, 5.41) is 13.9. The third kappa shape index (κ3) is 4.70. The van der Waals surface area contributed by atoms with Gasteiger partial charge in [-0.25, -0.2) is 4.39 Å². The van der Waals surface area contributed by atoms with Crippen LogP contribution in [0.15, 0.2) is 53.9 Å². The van der Waals surface area contributed by atoms with Crippen molar-refractivity contribution >= 4 is 21.4 Å². The molecule has 1 aromatic heterocycles. The van der Waals surface area contributed by atoms with Gasteiger partial charge in [0, 0.05) is 44.0 Å². The number of piperazine rings is 1. The second-order valence-corrected chi connectivity index (χ2v) is 8.14. The first-order valence-electron chi connectivity index (χ1n) is 9.64. The van der Waals surface area contributed by atoms with Crippen LogP contribution in [-0.2, 0) is 6.54 Å². The van der Waals surface area contributed by atoms with Crippen LogP contribution in [-0.4, -0.2) is 60.3 Å². The van der Waals surface area contributed by atoms with E-state index in [1.165, 1.54) is 21.7 Å². The fourth-order valence-corrected chi connectivity index (χ4v) is 4.58. The molecule has 1 atom stereocenters. The maximum atomic E-state index is 13.6. The predicted molar refractivity (Wildman–Crippen MR) is 111 cm³/mol. The summed E-state index contributed by atoms with van der Waals surface area (Å²) >= 11 is 1.81. The van der Waals surface area contributed by atoms with Crippen molar-refractivity contribution in [1.82, 2.24) is 9.80 Å². The molecule has 2 aromatic carbocycles. The highest BCUT2D eigenvalue weighted by Gasteiger charge is 2.20. The van der Waals surface area contributed by atoms with Crippen molar-refractivity contribution in [3.63, 3.8) is 0 Å². The Bertz CT molecular complexity index is 908. The lowest BCUT2D eigenvalue weighted by atomic mass is 10.1. The van der Waals surface area contributed by atoms with E-state index < -0.39 is 11.9 Å². The summed E-state index contributed by atoms with van der Waals surface area (Å²) in [5.74, 6) is -0.210. The number of rotatable bonds is 7. The number of hydrogen-bond acceptors (Lipinski definition) is 5.